The van der Waals surface area contributed by atoms with Crippen molar-refractivity contribution in [3.8, 4) is 0 Å². The second-order valence-electron chi connectivity index (χ2n) is 6.83. The summed E-state index contributed by atoms with van der Waals surface area (Å²) in [6.45, 7) is 2.63. The SMILES string of the molecule is O=C(O)C1(CCc2ccccc2)CCN(Cc2ccccc2)CC1. The van der Waals surface area contributed by atoms with Gasteiger partial charge in [-0.15, -0.1) is 0 Å². The van der Waals surface area contributed by atoms with Gasteiger partial charge >= 0.3 is 5.97 Å². The lowest BCUT2D eigenvalue weighted by Crippen LogP contribution is -2.44. The van der Waals surface area contributed by atoms with Gasteiger partial charge in [0.15, 0.2) is 0 Å². The first kappa shape index (κ1) is 16.7. The van der Waals surface area contributed by atoms with Crippen molar-refractivity contribution in [3.05, 3.63) is 71.8 Å². The van der Waals surface area contributed by atoms with Crippen LogP contribution in [0.5, 0.6) is 0 Å². The Morgan fingerprint density at radius 2 is 1.46 bits per heavy atom. The van der Waals surface area contributed by atoms with E-state index in [1.165, 1.54) is 11.1 Å². The van der Waals surface area contributed by atoms with Gasteiger partial charge in [-0.3, -0.25) is 9.69 Å². The standard InChI is InChI=1S/C21H25NO2/c23-20(24)21(12-11-18-7-3-1-4-8-18)13-15-22(16-14-21)17-19-9-5-2-6-10-19/h1-10H,11-17H2,(H,23,24). The lowest BCUT2D eigenvalue weighted by molar-refractivity contribution is -0.152. The molecule has 0 atom stereocenters. The summed E-state index contributed by atoms with van der Waals surface area (Å²) in [5.41, 5.74) is 1.96. The van der Waals surface area contributed by atoms with Crippen LogP contribution >= 0.6 is 0 Å². The zero-order valence-electron chi connectivity index (χ0n) is 14.0. The highest BCUT2D eigenvalue weighted by atomic mass is 16.4. The molecule has 1 N–H and O–H groups in total. The molecule has 2 aromatic carbocycles. The summed E-state index contributed by atoms with van der Waals surface area (Å²) in [5, 5.41) is 9.82. The molecular formula is C21H25NO2. The number of aliphatic carboxylic acids is 1. The molecule has 24 heavy (non-hydrogen) atoms. The predicted octanol–water partition coefficient (Wildman–Crippen LogP) is 3.99. The monoisotopic (exact) mass is 323 g/mol. The quantitative estimate of drug-likeness (QED) is 0.874. The average molecular weight is 323 g/mol. The smallest absolute Gasteiger partial charge is 0.309 e. The lowest BCUT2D eigenvalue weighted by atomic mass is 9.74. The van der Waals surface area contributed by atoms with E-state index in [1.54, 1.807) is 0 Å². The Kier molecular flexibility index (Phi) is 5.31. The summed E-state index contributed by atoms with van der Waals surface area (Å²) in [4.78, 5) is 14.3. The fourth-order valence-electron chi connectivity index (χ4n) is 3.58. The molecule has 0 radical (unpaired) electrons. The minimum Gasteiger partial charge on any atom is -0.481 e. The van der Waals surface area contributed by atoms with Crippen LogP contribution in [0.1, 0.15) is 30.4 Å². The minimum atomic E-state index is -0.627. The first-order valence-electron chi connectivity index (χ1n) is 8.72. The Balaban J connectivity index is 1.58. The topological polar surface area (TPSA) is 40.5 Å². The number of carboxylic acids is 1. The molecule has 0 spiro atoms. The third-order valence-electron chi connectivity index (χ3n) is 5.25. The van der Waals surface area contributed by atoms with E-state index in [0.717, 1.165) is 45.3 Å². The van der Waals surface area contributed by atoms with Crippen LogP contribution in [0.4, 0.5) is 0 Å². The van der Waals surface area contributed by atoms with Crippen LogP contribution in [0.2, 0.25) is 0 Å². The van der Waals surface area contributed by atoms with E-state index in [9.17, 15) is 9.90 Å². The van der Waals surface area contributed by atoms with Crippen molar-refractivity contribution >= 4 is 5.97 Å². The molecule has 3 nitrogen and oxygen atoms in total. The molecular weight excluding hydrogens is 298 g/mol. The number of hydrogen-bond acceptors (Lipinski definition) is 2. The number of piperidine rings is 1. The number of nitrogens with zero attached hydrogens (tertiary/aromatic N) is 1. The van der Waals surface area contributed by atoms with E-state index in [4.69, 9.17) is 0 Å². The molecule has 1 heterocycles. The van der Waals surface area contributed by atoms with Crippen molar-refractivity contribution in [2.75, 3.05) is 13.1 Å². The molecule has 126 valence electrons. The maximum Gasteiger partial charge on any atom is 0.309 e. The lowest BCUT2D eigenvalue weighted by Gasteiger charge is -2.39. The van der Waals surface area contributed by atoms with E-state index < -0.39 is 11.4 Å². The van der Waals surface area contributed by atoms with Gasteiger partial charge in [0.2, 0.25) is 0 Å². The molecule has 1 aliphatic heterocycles. The van der Waals surface area contributed by atoms with Crippen molar-refractivity contribution in [3.63, 3.8) is 0 Å². The van der Waals surface area contributed by atoms with Gasteiger partial charge in [-0.05, 0) is 49.9 Å². The molecule has 3 rings (SSSR count). The molecule has 3 heteroatoms. The zero-order chi connectivity index (χ0) is 16.8. The van der Waals surface area contributed by atoms with Crippen LogP contribution in [-0.2, 0) is 17.8 Å². The molecule has 1 saturated heterocycles. The van der Waals surface area contributed by atoms with Crippen molar-refractivity contribution in [1.29, 1.82) is 0 Å². The zero-order valence-corrected chi connectivity index (χ0v) is 14.0. The van der Waals surface area contributed by atoms with E-state index in [2.05, 4.69) is 41.3 Å². The van der Waals surface area contributed by atoms with Gasteiger partial charge in [0.05, 0.1) is 5.41 Å². The number of aryl methyl sites for hydroxylation is 1. The van der Waals surface area contributed by atoms with Gasteiger partial charge in [-0.25, -0.2) is 0 Å². The maximum atomic E-state index is 11.9. The van der Waals surface area contributed by atoms with Gasteiger partial charge in [0, 0.05) is 6.54 Å². The minimum absolute atomic E-state index is 0.566. The number of carboxylic acid groups (broad SMARTS) is 1. The summed E-state index contributed by atoms with van der Waals surface area (Å²) in [7, 11) is 0. The molecule has 0 bridgehead atoms. The first-order chi connectivity index (χ1) is 11.7. The second-order valence-corrected chi connectivity index (χ2v) is 6.83. The second kappa shape index (κ2) is 7.63. The van der Waals surface area contributed by atoms with E-state index in [0.29, 0.717) is 0 Å². The summed E-state index contributed by atoms with van der Waals surface area (Å²) in [5.74, 6) is -0.627. The van der Waals surface area contributed by atoms with Crippen molar-refractivity contribution in [2.45, 2.75) is 32.2 Å². The van der Waals surface area contributed by atoms with Crippen LogP contribution in [0.3, 0.4) is 0 Å². The van der Waals surface area contributed by atoms with Crippen LogP contribution in [0.25, 0.3) is 0 Å². The summed E-state index contributed by atoms with van der Waals surface area (Å²) in [6, 6.07) is 20.6. The van der Waals surface area contributed by atoms with E-state index >= 15 is 0 Å². The molecule has 2 aromatic rings. The Morgan fingerprint density at radius 3 is 2.00 bits per heavy atom. The highest BCUT2D eigenvalue weighted by molar-refractivity contribution is 5.74. The number of benzene rings is 2. The van der Waals surface area contributed by atoms with Gasteiger partial charge in [0.25, 0.3) is 0 Å². The summed E-state index contributed by atoms with van der Waals surface area (Å²) >= 11 is 0. The third-order valence-corrected chi connectivity index (χ3v) is 5.25. The predicted molar refractivity (Wildman–Crippen MR) is 95.8 cm³/mol. The number of carbonyl (C=O) groups is 1. The van der Waals surface area contributed by atoms with Crippen LogP contribution < -0.4 is 0 Å². The third kappa shape index (κ3) is 4.04. The highest BCUT2D eigenvalue weighted by Crippen LogP contribution is 2.37. The van der Waals surface area contributed by atoms with Crippen molar-refractivity contribution in [2.24, 2.45) is 5.41 Å². The molecule has 0 saturated carbocycles. The van der Waals surface area contributed by atoms with Gasteiger partial charge in [-0.1, -0.05) is 60.7 Å². The van der Waals surface area contributed by atoms with Gasteiger partial charge < -0.3 is 5.11 Å². The molecule has 0 amide bonds. The van der Waals surface area contributed by atoms with Crippen LogP contribution in [-0.4, -0.2) is 29.1 Å². The summed E-state index contributed by atoms with van der Waals surface area (Å²) in [6.07, 6.45) is 3.04. The first-order valence-corrected chi connectivity index (χ1v) is 8.72. The molecule has 0 unspecified atom stereocenters. The fourth-order valence-corrected chi connectivity index (χ4v) is 3.58. The Bertz CT molecular complexity index is 646. The number of rotatable bonds is 6. The Morgan fingerprint density at radius 1 is 0.917 bits per heavy atom. The van der Waals surface area contributed by atoms with E-state index in [-0.39, 0.29) is 0 Å². The number of likely N-dealkylation sites (tertiary alicyclic amines) is 1. The highest BCUT2D eigenvalue weighted by Gasteiger charge is 2.40. The van der Waals surface area contributed by atoms with Crippen LogP contribution in [0, 0.1) is 5.41 Å². The van der Waals surface area contributed by atoms with Crippen molar-refractivity contribution < 1.29 is 9.90 Å². The molecule has 0 aliphatic carbocycles. The van der Waals surface area contributed by atoms with E-state index in [1.807, 2.05) is 24.3 Å². The summed E-state index contributed by atoms with van der Waals surface area (Å²) < 4.78 is 0. The maximum absolute atomic E-state index is 11.9. The van der Waals surface area contributed by atoms with Crippen molar-refractivity contribution in [1.82, 2.24) is 4.90 Å². The molecule has 0 aromatic heterocycles. The molecule has 1 fully saturated rings. The van der Waals surface area contributed by atoms with Gasteiger partial charge in [-0.2, -0.15) is 0 Å². The molecule has 1 aliphatic rings. The van der Waals surface area contributed by atoms with Crippen LogP contribution in [0.15, 0.2) is 60.7 Å². The fraction of sp³-hybridized carbons (Fsp3) is 0.381. The largest absolute Gasteiger partial charge is 0.481 e. The van der Waals surface area contributed by atoms with Gasteiger partial charge in [0.1, 0.15) is 0 Å². The normalized spacial score (nSPS) is 17.5. The average Bonchev–Trinajstić information content (AvgIpc) is 2.63. The Hall–Kier alpha value is -2.13. The number of hydrogen-bond donors (Lipinski definition) is 1. The Labute approximate surface area is 143 Å².